The van der Waals surface area contributed by atoms with E-state index in [1.165, 1.54) is 6.07 Å². The van der Waals surface area contributed by atoms with Gasteiger partial charge in [-0.15, -0.1) is 0 Å². The van der Waals surface area contributed by atoms with Crippen LogP contribution < -0.4 is 5.73 Å². The highest BCUT2D eigenvalue weighted by Crippen LogP contribution is 2.22. The van der Waals surface area contributed by atoms with Crippen molar-refractivity contribution in [2.45, 2.75) is 24.8 Å². The van der Waals surface area contributed by atoms with Gasteiger partial charge in [0.25, 0.3) is 0 Å². The lowest BCUT2D eigenvalue weighted by Crippen LogP contribution is -2.49. The molecule has 0 amide bonds. The normalized spacial score (nSPS) is 26.5. The molecule has 0 aromatic heterocycles. The summed E-state index contributed by atoms with van der Waals surface area (Å²) in [4.78, 5) is 0. The molecule has 1 aromatic carbocycles. The molecule has 1 aliphatic heterocycles. The molecular formula is C12H16FNO. The van der Waals surface area contributed by atoms with Crippen LogP contribution in [-0.2, 0) is 11.2 Å². The second-order valence-corrected chi connectivity index (χ2v) is 4.29. The molecule has 2 N–H and O–H groups in total. The van der Waals surface area contributed by atoms with Crippen LogP contribution in [0.5, 0.6) is 0 Å². The molecule has 1 aromatic rings. The van der Waals surface area contributed by atoms with Crippen LogP contribution in [0.1, 0.15) is 18.4 Å². The van der Waals surface area contributed by atoms with E-state index in [0.29, 0.717) is 18.6 Å². The quantitative estimate of drug-likeness (QED) is 0.807. The van der Waals surface area contributed by atoms with E-state index in [2.05, 4.69) is 0 Å². The Morgan fingerprint density at radius 3 is 2.87 bits per heavy atom. The van der Waals surface area contributed by atoms with Gasteiger partial charge >= 0.3 is 0 Å². The number of hydrogen-bond acceptors (Lipinski definition) is 2. The third-order valence-electron chi connectivity index (χ3n) is 2.85. The van der Waals surface area contributed by atoms with Crippen LogP contribution in [-0.4, -0.2) is 18.8 Å². The van der Waals surface area contributed by atoms with E-state index in [-0.39, 0.29) is 11.4 Å². The Hall–Kier alpha value is -0.930. The van der Waals surface area contributed by atoms with Crippen molar-refractivity contribution in [2.24, 2.45) is 5.73 Å². The van der Waals surface area contributed by atoms with Crippen molar-refractivity contribution in [3.8, 4) is 0 Å². The second kappa shape index (κ2) is 4.29. The molecule has 1 atom stereocenters. The van der Waals surface area contributed by atoms with E-state index in [4.69, 9.17) is 10.5 Å². The molecule has 15 heavy (non-hydrogen) atoms. The van der Waals surface area contributed by atoms with E-state index in [0.717, 1.165) is 19.4 Å². The number of benzene rings is 1. The lowest BCUT2D eigenvalue weighted by atomic mass is 9.87. The van der Waals surface area contributed by atoms with Gasteiger partial charge in [-0.2, -0.15) is 0 Å². The van der Waals surface area contributed by atoms with E-state index in [1.807, 2.05) is 6.07 Å². The lowest BCUT2D eigenvalue weighted by molar-refractivity contribution is 0.0379. The van der Waals surface area contributed by atoms with Gasteiger partial charge in [0.05, 0.1) is 6.61 Å². The average Bonchev–Trinajstić information content (AvgIpc) is 2.22. The summed E-state index contributed by atoms with van der Waals surface area (Å²) in [5, 5.41) is 0. The first-order valence-electron chi connectivity index (χ1n) is 5.30. The SMILES string of the molecule is NC1(Cc2ccccc2F)CCCOC1. The van der Waals surface area contributed by atoms with Gasteiger partial charge in [-0.25, -0.2) is 4.39 Å². The molecule has 0 spiro atoms. The molecule has 0 radical (unpaired) electrons. The summed E-state index contributed by atoms with van der Waals surface area (Å²) >= 11 is 0. The number of nitrogens with two attached hydrogens (primary N) is 1. The van der Waals surface area contributed by atoms with Crippen LogP contribution in [0, 0.1) is 5.82 Å². The maximum Gasteiger partial charge on any atom is 0.126 e. The van der Waals surface area contributed by atoms with Crippen LogP contribution in [0.2, 0.25) is 0 Å². The summed E-state index contributed by atoms with van der Waals surface area (Å²) in [5.41, 5.74) is 6.47. The molecule has 1 saturated heterocycles. The molecule has 3 heteroatoms. The largest absolute Gasteiger partial charge is 0.380 e. The van der Waals surface area contributed by atoms with Crippen LogP contribution in [0.4, 0.5) is 4.39 Å². The summed E-state index contributed by atoms with van der Waals surface area (Å²) in [6.07, 6.45) is 2.42. The van der Waals surface area contributed by atoms with Gasteiger partial charge < -0.3 is 10.5 Å². The van der Waals surface area contributed by atoms with Crippen LogP contribution in [0.3, 0.4) is 0 Å². The van der Waals surface area contributed by atoms with Gasteiger partial charge in [0.1, 0.15) is 5.82 Å². The Labute approximate surface area is 89.2 Å². The van der Waals surface area contributed by atoms with Crippen LogP contribution in [0.25, 0.3) is 0 Å². The summed E-state index contributed by atoms with van der Waals surface area (Å²) < 4.78 is 18.8. The van der Waals surface area contributed by atoms with Crippen LogP contribution in [0.15, 0.2) is 24.3 Å². The van der Waals surface area contributed by atoms with Gasteiger partial charge in [0.2, 0.25) is 0 Å². The monoisotopic (exact) mass is 209 g/mol. The first-order valence-corrected chi connectivity index (χ1v) is 5.30. The number of rotatable bonds is 2. The summed E-state index contributed by atoms with van der Waals surface area (Å²) in [5.74, 6) is -0.173. The molecule has 1 aliphatic rings. The number of halogens is 1. The van der Waals surface area contributed by atoms with Crippen molar-refractivity contribution in [1.82, 2.24) is 0 Å². The number of hydrogen-bond donors (Lipinski definition) is 1. The van der Waals surface area contributed by atoms with Gasteiger partial charge in [-0.3, -0.25) is 0 Å². The summed E-state index contributed by atoms with van der Waals surface area (Å²) in [6.45, 7) is 1.30. The zero-order valence-electron chi connectivity index (χ0n) is 8.71. The molecule has 2 nitrogen and oxygen atoms in total. The van der Waals surface area contributed by atoms with Crippen molar-refractivity contribution < 1.29 is 9.13 Å². The average molecular weight is 209 g/mol. The zero-order chi connectivity index (χ0) is 10.7. The lowest BCUT2D eigenvalue weighted by Gasteiger charge is -2.33. The van der Waals surface area contributed by atoms with Gasteiger partial charge in [0.15, 0.2) is 0 Å². The van der Waals surface area contributed by atoms with Crippen molar-refractivity contribution in [1.29, 1.82) is 0 Å². The van der Waals surface area contributed by atoms with Crippen molar-refractivity contribution in [2.75, 3.05) is 13.2 Å². The van der Waals surface area contributed by atoms with E-state index in [1.54, 1.807) is 12.1 Å². The number of ether oxygens (including phenoxy) is 1. The topological polar surface area (TPSA) is 35.2 Å². The smallest absolute Gasteiger partial charge is 0.126 e. The Kier molecular flexibility index (Phi) is 3.03. The fourth-order valence-corrected chi connectivity index (χ4v) is 2.03. The van der Waals surface area contributed by atoms with E-state index >= 15 is 0 Å². The zero-order valence-corrected chi connectivity index (χ0v) is 8.71. The Balaban J connectivity index is 2.10. The molecule has 0 bridgehead atoms. The fraction of sp³-hybridized carbons (Fsp3) is 0.500. The first kappa shape index (κ1) is 10.6. The minimum absolute atomic E-state index is 0.173. The molecule has 0 aliphatic carbocycles. The predicted molar refractivity (Wildman–Crippen MR) is 57.1 cm³/mol. The molecule has 82 valence electrons. The highest BCUT2D eigenvalue weighted by Gasteiger charge is 2.29. The van der Waals surface area contributed by atoms with E-state index in [9.17, 15) is 4.39 Å². The first-order chi connectivity index (χ1) is 7.20. The minimum Gasteiger partial charge on any atom is -0.380 e. The molecular weight excluding hydrogens is 193 g/mol. The third-order valence-corrected chi connectivity index (χ3v) is 2.85. The van der Waals surface area contributed by atoms with Crippen molar-refractivity contribution in [3.63, 3.8) is 0 Å². The van der Waals surface area contributed by atoms with Crippen molar-refractivity contribution >= 4 is 0 Å². The summed E-state index contributed by atoms with van der Waals surface area (Å²) in [7, 11) is 0. The Bertz CT molecular complexity index is 334. The molecule has 2 rings (SSSR count). The third kappa shape index (κ3) is 2.55. The molecule has 1 heterocycles. The molecule has 1 unspecified atom stereocenters. The Morgan fingerprint density at radius 2 is 2.20 bits per heavy atom. The fourth-order valence-electron chi connectivity index (χ4n) is 2.03. The highest BCUT2D eigenvalue weighted by atomic mass is 19.1. The second-order valence-electron chi connectivity index (χ2n) is 4.29. The minimum atomic E-state index is -0.388. The van der Waals surface area contributed by atoms with Crippen molar-refractivity contribution in [3.05, 3.63) is 35.6 Å². The summed E-state index contributed by atoms with van der Waals surface area (Å²) in [6, 6.07) is 6.80. The molecule has 1 fully saturated rings. The standard InChI is InChI=1S/C12H16FNO/c13-11-5-2-1-4-10(11)8-12(14)6-3-7-15-9-12/h1-2,4-5H,3,6-9,14H2. The maximum atomic E-state index is 13.4. The van der Waals surface area contributed by atoms with Gasteiger partial charge in [0, 0.05) is 12.1 Å². The van der Waals surface area contributed by atoms with Gasteiger partial charge in [-0.1, -0.05) is 18.2 Å². The Morgan fingerprint density at radius 1 is 1.40 bits per heavy atom. The van der Waals surface area contributed by atoms with Gasteiger partial charge in [-0.05, 0) is 30.9 Å². The highest BCUT2D eigenvalue weighted by molar-refractivity contribution is 5.20. The van der Waals surface area contributed by atoms with Crippen LogP contribution >= 0.6 is 0 Å². The van der Waals surface area contributed by atoms with E-state index < -0.39 is 0 Å². The predicted octanol–water partition coefficient (Wildman–Crippen LogP) is 1.88. The maximum absolute atomic E-state index is 13.4. The molecule has 0 saturated carbocycles.